The average Bonchev–Trinajstić information content (AvgIpc) is 2.82. The summed E-state index contributed by atoms with van der Waals surface area (Å²) in [7, 11) is 0. The SMILES string of the molecule is CC1CNCC(C)N1C(=O)C1Cc2ccccc2S1. The number of amides is 1. The second-order valence-corrected chi connectivity index (χ2v) is 6.76. The molecule has 1 aromatic carbocycles. The molecule has 102 valence electrons. The monoisotopic (exact) mass is 276 g/mol. The predicted molar refractivity (Wildman–Crippen MR) is 78.4 cm³/mol. The average molecular weight is 276 g/mol. The molecule has 3 unspecified atom stereocenters. The summed E-state index contributed by atoms with van der Waals surface area (Å²) in [6.07, 6.45) is 0.878. The summed E-state index contributed by atoms with van der Waals surface area (Å²) >= 11 is 1.73. The Balaban J connectivity index is 1.75. The second-order valence-electron chi connectivity index (χ2n) is 5.52. The number of nitrogens with one attached hydrogen (secondary N) is 1. The maximum atomic E-state index is 12.8. The number of thioether (sulfide) groups is 1. The lowest BCUT2D eigenvalue weighted by Crippen LogP contribution is -2.59. The van der Waals surface area contributed by atoms with E-state index in [4.69, 9.17) is 0 Å². The molecule has 1 amide bonds. The van der Waals surface area contributed by atoms with Crippen LogP contribution < -0.4 is 5.32 Å². The first-order valence-electron chi connectivity index (χ1n) is 6.94. The van der Waals surface area contributed by atoms with Gasteiger partial charge in [0.15, 0.2) is 0 Å². The van der Waals surface area contributed by atoms with Gasteiger partial charge in [-0.25, -0.2) is 0 Å². The van der Waals surface area contributed by atoms with Gasteiger partial charge >= 0.3 is 0 Å². The molecular formula is C15H20N2OS. The van der Waals surface area contributed by atoms with E-state index in [1.54, 1.807) is 11.8 Å². The fourth-order valence-corrected chi connectivity index (χ4v) is 4.30. The van der Waals surface area contributed by atoms with Crippen LogP contribution in [-0.4, -0.2) is 41.2 Å². The van der Waals surface area contributed by atoms with Gasteiger partial charge in [-0.3, -0.25) is 4.79 Å². The van der Waals surface area contributed by atoms with Crippen LogP contribution in [0.5, 0.6) is 0 Å². The molecule has 0 bridgehead atoms. The van der Waals surface area contributed by atoms with E-state index in [0.717, 1.165) is 19.5 Å². The molecule has 1 saturated heterocycles. The second kappa shape index (κ2) is 5.17. The van der Waals surface area contributed by atoms with Gasteiger partial charge in [-0.05, 0) is 31.9 Å². The Morgan fingerprint density at radius 3 is 2.63 bits per heavy atom. The Labute approximate surface area is 118 Å². The molecule has 0 aliphatic carbocycles. The Kier molecular flexibility index (Phi) is 3.54. The number of benzene rings is 1. The summed E-state index contributed by atoms with van der Waals surface area (Å²) in [5.41, 5.74) is 1.32. The maximum Gasteiger partial charge on any atom is 0.236 e. The predicted octanol–water partition coefficient (Wildman–Crippen LogP) is 1.91. The Morgan fingerprint density at radius 1 is 1.26 bits per heavy atom. The van der Waals surface area contributed by atoms with Crippen molar-refractivity contribution in [3.05, 3.63) is 29.8 Å². The van der Waals surface area contributed by atoms with Gasteiger partial charge in [0.2, 0.25) is 5.91 Å². The summed E-state index contributed by atoms with van der Waals surface area (Å²) in [6, 6.07) is 8.95. The third-order valence-corrected chi connectivity index (χ3v) is 5.31. The first-order valence-corrected chi connectivity index (χ1v) is 7.82. The molecule has 1 fully saturated rings. The molecule has 3 nitrogen and oxygen atoms in total. The van der Waals surface area contributed by atoms with Crippen molar-refractivity contribution in [1.82, 2.24) is 10.2 Å². The van der Waals surface area contributed by atoms with Crippen LogP contribution in [0.25, 0.3) is 0 Å². The van der Waals surface area contributed by atoms with Crippen LogP contribution >= 0.6 is 11.8 Å². The summed E-state index contributed by atoms with van der Waals surface area (Å²) in [6.45, 7) is 6.07. The molecule has 3 rings (SSSR count). The molecule has 19 heavy (non-hydrogen) atoms. The van der Waals surface area contributed by atoms with Crippen molar-refractivity contribution in [2.75, 3.05) is 13.1 Å². The molecule has 2 aliphatic rings. The molecule has 3 atom stereocenters. The Bertz CT molecular complexity index is 456. The lowest BCUT2D eigenvalue weighted by Gasteiger charge is -2.40. The van der Waals surface area contributed by atoms with Crippen molar-refractivity contribution in [1.29, 1.82) is 0 Å². The van der Waals surface area contributed by atoms with Gasteiger partial charge in [0.25, 0.3) is 0 Å². The normalized spacial score (nSPS) is 30.2. The number of nitrogens with zero attached hydrogens (tertiary/aromatic N) is 1. The smallest absolute Gasteiger partial charge is 0.236 e. The van der Waals surface area contributed by atoms with Crippen LogP contribution in [0.3, 0.4) is 0 Å². The zero-order valence-electron chi connectivity index (χ0n) is 11.4. The van der Waals surface area contributed by atoms with E-state index >= 15 is 0 Å². The largest absolute Gasteiger partial charge is 0.334 e. The highest BCUT2D eigenvalue weighted by Gasteiger charge is 2.36. The molecule has 0 saturated carbocycles. The molecule has 0 aromatic heterocycles. The van der Waals surface area contributed by atoms with E-state index in [0.29, 0.717) is 18.0 Å². The molecule has 2 aliphatic heterocycles. The number of carbonyl (C=O) groups excluding carboxylic acids is 1. The minimum Gasteiger partial charge on any atom is -0.334 e. The number of hydrogen-bond acceptors (Lipinski definition) is 3. The van der Waals surface area contributed by atoms with Gasteiger partial charge in [-0.1, -0.05) is 18.2 Å². The Hall–Kier alpha value is -1.00. The minimum atomic E-state index is 0.0698. The van der Waals surface area contributed by atoms with Crippen molar-refractivity contribution in [3.8, 4) is 0 Å². The summed E-state index contributed by atoms with van der Waals surface area (Å²) in [4.78, 5) is 16.1. The van der Waals surface area contributed by atoms with Gasteiger partial charge in [0, 0.05) is 30.1 Å². The highest BCUT2D eigenvalue weighted by atomic mass is 32.2. The quantitative estimate of drug-likeness (QED) is 0.850. The van der Waals surface area contributed by atoms with Gasteiger partial charge in [-0.15, -0.1) is 11.8 Å². The topological polar surface area (TPSA) is 32.3 Å². The van der Waals surface area contributed by atoms with Crippen LogP contribution in [0.1, 0.15) is 19.4 Å². The van der Waals surface area contributed by atoms with Crippen molar-refractivity contribution in [3.63, 3.8) is 0 Å². The number of fused-ring (bicyclic) bond motifs is 1. The van der Waals surface area contributed by atoms with Crippen LogP contribution in [0.2, 0.25) is 0 Å². The van der Waals surface area contributed by atoms with Crippen molar-refractivity contribution >= 4 is 17.7 Å². The van der Waals surface area contributed by atoms with Crippen LogP contribution in [0.4, 0.5) is 0 Å². The summed E-state index contributed by atoms with van der Waals surface area (Å²) < 4.78 is 0. The van der Waals surface area contributed by atoms with Crippen LogP contribution in [0.15, 0.2) is 29.2 Å². The molecule has 0 radical (unpaired) electrons. The highest BCUT2D eigenvalue weighted by Crippen LogP contribution is 2.38. The van der Waals surface area contributed by atoms with E-state index in [-0.39, 0.29) is 5.25 Å². The molecular weight excluding hydrogens is 256 g/mol. The first-order chi connectivity index (χ1) is 9.16. The highest BCUT2D eigenvalue weighted by molar-refractivity contribution is 8.01. The third kappa shape index (κ3) is 2.39. The molecule has 4 heteroatoms. The van der Waals surface area contributed by atoms with Gasteiger partial charge < -0.3 is 10.2 Å². The number of rotatable bonds is 1. The van der Waals surface area contributed by atoms with E-state index in [9.17, 15) is 4.79 Å². The minimum absolute atomic E-state index is 0.0698. The number of piperazine rings is 1. The first kappa shape index (κ1) is 13.0. The Morgan fingerprint density at radius 2 is 1.95 bits per heavy atom. The lowest BCUT2D eigenvalue weighted by atomic mass is 10.1. The van der Waals surface area contributed by atoms with E-state index < -0.39 is 0 Å². The number of hydrogen-bond donors (Lipinski definition) is 1. The van der Waals surface area contributed by atoms with Crippen LogP contribution in [-0.2, 0) is 11.2 Å². The van der Waals surface area contributed by atoms with E-state index in [1.807, 2.05) is 0 Å². The zero-order valence-corrected chi connectivity index (χ0v) is 12.2. The zero-order chi connectivity index (χ0) is 13.4. The fraction of sp³-hybridized carbons (Fsp3) is 0.533. The standard InChI is InChI=1S/C15H20N2OS/c1-10-8-16-9-11(2)17(10)15(18)14-7-12-5-3-4-6-13(12)19-14/h3-6,10-11,14,16H,7-9H2,1-2H3. The number of carbonyl (C=O) groups is 1. The lowest BCUT2D eigenvalue weighted by molar-refractivity contribution is -0.135. The van der Waals surface area contributed by atoms with E-state index in [2.05, 4.69) is 48.3 Å². The van der Waals surface area contributed by atoms with Gasteiger partial charge in [-0.2, -0.15) is 0 Å². The molecule has 2 heterocycles. The van der Waals surface area contributed by atoms with Crippen molar-refractivity contribution in [2.24, 2.45) is 0 Å². The van der Waals surface area contributed by atoms with Gasteiger partial charge in [0.05, 0.1) is 5.25 Å². The third-order valence-electron chi connectivity index (χ3n) is 4.01. The molecule has 0 spiro atoms. The van der Waals surface area contributed by atoms with Crippen molar-refractivity contribution in [2.45, 2.75) is 42.5 Å². The van der Waals surface area contributed by atoms with Gasteiger partial charge in [0.1, 0.15) is 0 Å². The molecule has 1 aromatic rings. The molecule has 1 N–H and O–H groups in total. The van der Waals surface area contributed by atoms with Crippen LogP contribution in [0, 0.1) is 0 Å². The maximum absolute atomic E-state index is 12.8. The van der Waals surface area contributed by atoms with Crippen molar-refractivity contribution < 1.29 is 4.79 Å². The summed E-state index contributed by atoms with van der Waals surface area (Å²) in [5, 5.41) is 3.45. The fourth-order valence-electron chi connectivity index (χ4n) is 3.05. The van der Waals surface area contributed by atoms with E-state index in [1.165, 1.54) is 10.5 Å². The summed E-state index contributed by atoms with van der Waals surface area (Å²) in [5.74, 6) is 0.308.